The molecule has 4 aromatic carbocycles. The van der Waals surface area contributed by atoms with E-state index in [9.17, 15) is 25.3 Å². The molecule has 0 saturated carbocycles. The van der Waals surface area contributed by atoms with Crippen molar-refractivity contribution in [2.24, 2.45) is 0 Å². The summed E-state index contributed by atoms with van der Waals surface area (Å²) in [7, 11) is 6.38. The maximum atomic E-state index is 13.9. The van der Waals surface area contributed by atoms with Gasteiger partial charge in [-0.3, -0.25) is 0 Å². The summed E-state index contributed by atoms with van der Waals surface area (Å²) in [6.45, 7) is 2.96. The SMILES string of the molecule is C[N+](C)(C)CCCNS(=O)(=O)c1ccc2c(c1)-c1nc-2nc2[n-]c(nc3nc(nc4[n-]c(n1)c1ccc(S(=O)(=O)NCCC[N+](C)(C)C)cc41)-c1ccccc1-3)c1ccc(S(=O)(=O)NCCC[N+](C)(C)C)cc21.[Cu+2]. The summed E-state index contributed by atoms with van der Waals surface area (Å²) in [5.74, 6) is 0.686. The van der Waals surface area contributed by atoms with E-state index in [1.165, 1.54) is 36.4 Å². The Balaban J connectivity index is 0.00000729. The normalized spacial score (nSPS) is 13.3. The molecule has 24 heteroatoms. The number of aromatic nitrogens is 8. The van der Waals surface area contributed by atoms with Crippen LogP contribution in [0.3, 0.4) is 0 Å². The number of hydrogen-bond donors (Lipinski definition) is 3. The van der Waals surface area contributed by atoms with Crippen LogP contribution in [-0.2, 0) is 47.1 Å². The molecule has 393 valence electrons. The topological polar surface area (TPSA) is 244 Å². The van der Waals surface area contributed by atoms with Gasteiger partial charge in [-0.05, 0) is 57.9 Å². The summed E-state index contributed by atoms with van der Waals surface area (Å²) in [6.07, 6.45) is 1.85. The van der Waals surface area contributed by atoms with Gasteiger partial charge in [0.2, 0.25) is 30.1 Å². The fourth-order valence-electron chi connectivity index (χ4n) is 8.58. The standard InChI is InChI=1S/C50H61N14O6S3.Cu/c1-62(2,3)26-12-23-51-71(65,66)32-17-20-37-40(29-32)49-57-45(37)55-43-35-15-10-11-16-36(35)44(54-43)56-48-41-30-33(72(67,68)52-24-13-27-63(4,5)6)18-21-38(41)46(58-48)60-50-42-31-34(19-22-39(42)47(59-49)61-50)73(69,70)53-25-14-28-64(7,8)9;/h10-11,15-22,29-31,51-53H,12-14,23-28H2,1-9H3;/q+1;+2. The van der Waals surface area contributed by atoms with Gasteiger partial charge in [0.1, 0.15) is 0 Å². The van der Waals surface area contributed by atoms with Crippen molar-refractivity contribution >= 4 is 74.2 Å². The number of rotatable bonds is 18. The number of hydrogen-bond acceptors (Lipinski definition) is 12. The van der Waals surface area contributed by atoms with Crippen molar-refractivity contribution in [2.45, 2.75) is 33.9 Å². The zero-order chi connectivity index (χ0) is 52.3. The second-order valence-electron chi connectivity index (χ2n) is 21.4. The third-order valence-corrected chi connectivity index (χ3v) is 16.7. The van der Waals surface area contributed by atoms with E-state index < -0.39 is 30.1 Å². The minimum Gasteiger partial charge on any atom is -0.357 e. The molecule has 7 aromatic rings. The van der Waals surface area contributed by atoms with Gasteiger partial charge in [-0.1, -0.05) is 42.5 Å². The average Bonchev–Trinajstić information content (AvgIpc) is 4.05. The van der Waals surface area contributed by atoms with Gasteiger partial charge in [0.05, 0.1) is 121 Å². The molecule has 9 rings (SSSR count). The van der Waals surface area contributed by atoms with E-state index in [0.717, 1.165) is 19.6 Å². The summed E-state index contributed by atoms with van der Waals surface area (Å²) in [5, 5.41) is 1.66. The van der Waals surface area contributed by atoms with Crippen LogP contribution in [0.5, 0.6) is 0 Å². The summed E-state index contributed by atoms with van der Waals surface area (Å²) in [4.78, 5) is 39.4. The van der Waals surface area contributed by atoms with Gasteiger partial charge in [-0.15, -0.1) is 0 Å². The Morgan fingerprint density at radius 3 is 1.07 bits per heavy atom. The Morgan fingerprint density at radius 1 is 0.392 bits per heavy atom. The van der Waals surface area contributed by atoms with E-state index in [2.05, 4.69) is 14.2 Å². The third-order valence-electron chi connectivity index (χ3n) is 12.3. The van der Waals surface area contributed by atoms with E-state index >= 15 is 0 Å². The smallest absolute Gasteiger partial charge is 0.357 e. The quantitative estimate of drug-likeness (QED) is 0.0619. The molecule has 0 spiro atoms. The summed E-state index contributed by atoms with van der Waals surface area (Å²) < 4.78 is 93.2. The van der Waals surface area contributed by atoms with Crippen molar-refractivity contribution in [1.29, 1.82) is 0 Å². The first-order valence-corrected chi connectivity index (χ1v) is 28.3. The molecule has 0 amide bonds. The van der Waals surface area contributed by atoms with Gasteiger partial charge in [0.15, 0.2) is 0 Å². The van der Waals surface area contributed by atoms with Crippen LogP contribution in [0.2, 0.25) is 0 Å². The van der Waals surface area contributed by atoms with Crippen LogP contribution >= 0.6 is 0 Å². The Labute approximate surface area is 442 Å². The first-order chi connectivity index (χ1) is 34.2. The Kier molecular flexibility index (Phi) is 15.1. The second-order valence-corrected chi connectivity index (χ2v) is 26.7. The third kappa shape index (κ3) is 12.1. The maximum absolute atomic E-state index is 13.9. The fourth-order valence-corrected chi connectivity index (χ4v) is 11.9. The van der Waals surface area contributed by atoms with Crippen LogP contribution < -0.4 is 24.1 Å². The number of quaternary nitrogens is 3. The zero-order valence-electron chi connectivity index (χ0n) is 42.8. The van der Waals surface area contributed by atoms with Crippen molar-refractivity contribution in [3.63, 3.8) is 0 Å². The van der Waals surface area contributed by atoms with Crippen molar-refractivity contribution in [1.82, 2.24) is 54.0 Å². The summed E-state index contributed by atoms with van der Waals surface area (Å²) >= 11 is 0. The molecule has 5 heterocycles. The summed E-state index contributed by atoms with van der Waals surface area (Å²) in [5.41, 5.74) is 2.55. The van der Waals surface area contributed by atoms with Gasteiger partial charge < -0.3 is 43.4 Å². The van der Waals surface area contributed by atoms with Gasteiger partial charge in [-0.25, -0.2) is 49.4 Å². The molecule has 2 aliphatic rings. The maximum Gasteiger partial charge on any atom is 2.00 e. The van der Waals surface area contributed by atoms with Crippen LogP contribution in [0.15, 0.2) is 93.5 Å². The monoisotopic (exact) mass is 1110 g/mol. The molecule has 0 saturated heterocycles. The molecule has 20 nitrogen and oxygen atoms in total. The van der Waals surface area contributed by atoms with Crippen LogP contribution in [0.1, 0.15) is 19.3 Å². The Bertz CT molecular complexity index is 3790. The Morgan fingerprint density at radius 2 is 0.703 bits per heavy atom. The molecule has 2 aliphatic heterocycles. The van der Waals surface area contributed by atoms with Crippen LogP contribution in [0.25, 0.3) is 89.7 Å². The average molecular weight is 1110 g/mol. The Hall–Kier alpha value is -5.63. The molecule has 0 unspecified atom stereocenters. The van der Waals surface area contributed by atoms with E-state index in [1.807, 2.05) is 87.7 Å². The number of benzene rings is 4. The number of sulfonamides is 3. The van der Waals surface area contributed by atoms with Gasteiger partial charge in [0.25, 0.3) is 0 Å². The van der Waals surface area contributed by atoms with Crippen LogP contribution in [0.4, 0.5) is 0 Å². The van der Waals surface area contributed by atoms with E-state index in [-0.39, 0.29) is 97.3 Å². The number of nitrogens with zero attached hydrogens (tertiary/aromatic N) is 11. The van der Waals surface area contributed by atoms with Crippen molar-refractivity contribution in [2.75, 3.05) is 103 Å². The minimum atomic E-state index is -4.02. The first-order valence-electron chi connectivity index (χ1n) is 23.9. The zero-order valence-corrected chi connectivity index (χ0v) is 46.2. The molecular formula is C50H61CuN14O6S3+3. The second kappa shape index (κ2) is 20.5. The van der Waals surface area contributed by atoms with Gasteiger partial charge >= 0.3 is 17.1 Å². The molecule has 0 aliphatic carbocycles. The van der Waals surface area contributed by atoms with Crippen LogP contribution in [-0.4, -0.2) is 171 Å². The van der Waals surface area contributed by atoms with Crippen molar-refractivity contribution in [3.05, 3.63) is 78.9 Å². The molecule has 0 fully saturated rings. The molecule has 3 aromatic heterocycles. The largest absolute Gasteiger partial charge is 2.00 e. The molecule has 8 bridgehead atoms. The van der Waals surface area contributed by atoms with Crippen LogP contribution in [0, 0.1) is 0 Å². The predicted octanol–water partition coefficient (Wildman–Crippen LogP) is 4.25. The van der Waals surface area contributed by atoms with Crippen molar-refractivity contribution in [3.8, 4) is 45.6 Å². The molecule has 3 N–H and O–H groups in total. The van der Waals surface area contributed by atoms with E-state index in [4.69, 9.17) is 39.9 Å². The molecule has 74 heavy (non-hydrogen) atoms. The van der Waals surface area contributed by atoms with Gasteiger partial charge in [-0.2, -0.15) is 0 Å². The predicted molar refractivity (Wildman–Crippen MR) is 282 cm³/mol. The van der Waals surface area contributed by atoms with E-state index in [1.54, 1.807) is 18.2 Å². The molecule has 0 atom stereocenters. The van der Waals surface area contributed by atoms with Gasteiger partial charge in [0, 0.05) is 83.7 Å². The number of fused-ring (bicyclic) bond motifs is 20. The molecule has 1 radical (unpaired) electrons. The molecular weight excluding hydrogens is 1050 g/mol. The first kappa shape index (κ1) is 54.6. The summed E-state index contributed by atoms with van der Waals surface area (Å²) in [6, 6.07) is 21.2. The minimum absolute atomic E-state index is 0. The number of nitrogens with one attached hydrogen (secondary N) is 3. The fraction of sp³-hybridized carbons (Fsp3) is 0.360. The van der Waals surface area contributed by atoms with Crippen molar-refractivity contribution < 1.29 is 55.8 Å². The van der Waals surface area contributed by atoms with E-state index in [0.29, 0.717) is 76.5 Å².